The molecule has 0 bridgehead atoms. The molecule has 4 rings (SSSR count). The number of hydrogen-bond donors (Lipinski definition) is 1. The Kier molecular flexibility index (Phi) is 5.91. The van der Waals surface area contributed by atoms with E-state index in [1.165, 1.54) is 0 Å². The highest BCUT2D eigenvalue weighted by Crippen LogP contribution is 2.28. The molecule has 1 amide bonds. The number of methoxy groups -OCH3 is 1. The van der Waals surface area contributed by atoms with Crippen LogP contribution in [-0.2, 0) is 0 Å². The maximum atomic E-state index is 13.2. The summed E-state index contributed by atoms with van der Waals surface area (Å²) < 4.78 is 8.72. The summed E-state index contributed by atoms with van der Waals surface area (Å²) in [5.74, 6) is 0.950. The molecule has 0 saturated carbocycles. The number of tetrazole rings is 1. The van der Waals surface area contributed by atoms with Gasteiger partial charge in [0.05, 0.1) is 30.3 Å². The molecule has 9 nitrogen and oxygen atoms in total. The zero-order valence-electron chi connectivity index (χ0n) is 18.1. The van der Waals surface area contributed by atoms with Crippen molar-refractivity contribution in [2.75, 3.05) is 12.4 Å². The summed E-state index contributed by atoms with van der Waals surface area (Å²) in [6.07, 6.45) is 1.57. The zero-order chi connectivity index (χ0) is 22.8. The predicted molar refractivity (Wildman–Crippen MR) is 121 cm³/mol. The molecule has 2 aromatic heterocycles. The Morgan fingerprint density at radius 1 is 1.16 bits per heavy atom. The molecule has 0 unspecified atom stereocenters. The maximum Gasteiger partial charge on any atom is 0.259 e. The number of rotatable bonds is 6. The van der Waals surface area contributed by atoms with Crippen molar-refractivity contribution < 1.29 is 9.53 Å². The van der Waals surface area contributed by atoms with E-state index in [2.05, 4.69) is 25.9 Å². The van der Waals surface area contributed by atoms with Crippen molar-refractivity contribution in [1.82, 2.24) is 30.0 Å². The smallest absolute Gasteiger partial charge is 0.259 e. The molecule has 0 atom stereocenters. The van der Waals surface area contributed by atoms with Crippen molar-refractivity contribution in [3.05, 3.63) is 70.8 Å². The summed E-state index contributed by atoms with van der Waals surface area (Å²) in [4.78, 5) is 13.2. The number of amides is 1. The van der Waals surface area contributed by atoms with Crippen LogP contribution < -0.4 is 10.1 Å². The average molecular weight is 452 g/mol. The van der Waals surface area contributed by atoms with Gasteiger partial charge in [-0.1, -0.05) is 31.5 Å². The number of aromatic nitrogens is 6. The van der Waals surface area contributed by atoms with Crippen molar-refractivity contribution in [1.29, 1.82) is 0 Å². The van der Waals surface area contributed by atoms with Gasteiger partial charge in [-0.25, -0.2) is 4.68 Å². The maximum absolute atomic E-state index is 13.2. The van der Waals surface area contributed by atoms with E-state index in [1.807, 2.05) is 32.0 Å². The normalized spacial score (nSPS) is 11.1. The Morgan fingerprint density at radius 2 is 1.97 bits per heavy atom. The molecule has 0 aliphatic rings. The first kappa shape index (κ1) is 21.5. The van der Waals surface area contributed by atoms with Crippen LogP contribution in [0, 0.1) is 6.92 Å². The van der Waals surface area contributed by atoms with Crippen LogP contribution >= 0.6 is 11.6 Å². The minimum absolute atomic E-state index is 0.0486. The number of aryl methyl sites for hydroxylation is 1. The third-order valence-electron chi connectivity index (χ3n) is 4.94. The van der Waals surface area contributed by atoms with Gasteiger partial charge in [0.15, 0.2) is 5.82 Å². The van der Waals surface area contributed by atoms with E-state index in [0.29, 0.717) is 33.5 Å². The van der Waals surface area contributed by atoms with Gasteiger partial charge in [-0.3, -0.25) is 4.79 Å². The molecule has 0 aliphatic heterocycles. The number of carbonyl (C=O) groups is 1. The van der Waals surface area contributed by atoms with Crippen molar-refractivity contribution in [2.24, 2.45) is 0 Å². The lowest BCUT2D eigenvalue weighted by Gasteiger charge is -2.14. The molecule has 0 saturated heterocycles. The van der Waals surface area contributed by atoms with Crippen LogP contribution in [0.2, 0.25) is 5.02 Å². The lowest BCUT2D eigenvalue weighted by atomic mass is 10.0. The first-order chi connectivity index (χ1) is 15.4. The molecule has 10 heteroatoms. The van der Waals surface area contributed by atoms with Crippen LogP contribution in [0.15, 0.2) is 48.7 Å². The first-order valence-corrected chi connectivity index (χ1v) is 10.4. The van der Waals surface area contributed by atoms with Gasteiger partial charge >= 0.3 is 0 Å². The van der Waals surface area contributed by atoms with Crippen molar-refractivity contribution >= 4 is 23.2 Å². The van der Waals surface area contributed by atoms with Crippen molar-refractivity contribution in [2.45, 2.75) is 26.7 Å². The largest absolute Gasteiger partial charge is 0.494 e. The van der Waals surface area contributed by atoms with Crippen LogP contribution in [0.3, 0.4) is 0 Å². The van der Waals surface area contributed by atoms with Gasteiger partial charge in [-0.05, 0) is 59.7 Å². The Labute approximate surface area is 190 Å². The van der Waals surface area contributed by atoms with E-state index >= 15 is 0 Å². The zero-order valence-corrected chi connectivity index (χ0v) is 18.8. The Balaban J connectivity index is 1.69. The molecule has 1 N–H and O–H groups in total. The third-order valence-corrected chi connectivity index (χ3v) is 5.18. The molecule has 2 heterocycles. The Morgan fingerprint density at radius 3 is 2.62 bits per heavy atom. The van der Waals surface area contributed by atoms with E-state index in [-0.39, 0.29) is 11.8 Å². The van der Waals surface area contributed by atoms with Crippen molar-refractivity contribution in [3.63, 3.8) is 0 Å². The van der Waals surface area contributed by atoms with E-state index in [0.717, 1.165) is 11.4 Å². The first-order valence-electron chi connectivity index (χ1n) is 9.97. The van der Waals surface area contributed by atoms with Crippen LogP contribution in [0.1, 0.15) is 41.6 Å². The summed E-state index contributed by atoms with van der Waals surface area (Å²) in [6.45, 7) is 5.81. The summed E-state index contributed by atoms with van der Waals surface area (Å²) >= 11 is 6.15. The fourth-order valence-electron chi connectivity index (χ4n) is 3.49. The van der Waals surface area contributed by atoms with Gasteiger partial charge in [-0.15, -0.1) is 5.10 Å². The van der Waals surface area contributed by atoms with E-state index in [1.54, 1.807) is 53.9 Å². The standard InChI is InChI=1S/C22H22ClN7O2/c1-13(2)21-18(12-24-30(21)17-7-5-6-15(23)10-17)22(31)25-16-8-9-20(32-4)19(11-16)29-14(3)26-27-28-29/h5-13H,1-4H3,(H,25,31). The molecular formula is C22H22ClN7O2. The van der Waals surface area contributed by atoms with E-state index < -0.39 is 0 Å². The lowest BCUT2D eigenvalue weighted by molar-refractivity contribution is 0.102. The molecule has 164 valence electrons. The number of halogens is 1. The topological polar surface area (TPSA) is 99.8 Å². The second kappa shape index (κ2) is 8.80. The van der Waals surface area contributed by atoms with E-state index in [4.69, 9.17) is 16.3 Å². The minimum atomic E-state index is -0.272. The highest BCUT2D eigenvalue weighted by Gasteiger charge is 2.22. The molecule has 4 aromatic rings. The van der Waals surface area contributed by atoms with Crippen LogP contribution in [0.5, 0.6) is 5.75 Å². The summed E-state index contributed by atoms with van der Waals surface area (Å²) in [7, 11) is 1.57. The average Bonchev–Trinajstić information content (AvgIpc) is 3.40. The molecular weight excluding hydrogens is 430 g/mol. The number of benzene rings is 2. The van der Waals surface area contributed by atoms with Gasteiger partial charge in [0.25, 0.3) is 5.91 Å². The van der Waals surface area contributed by atoms with E-state index in [9.17, 15) is 4.79 Å². The third kappa shape index (κ3) is 4.06. The molecule has 0 fully saturated rings. The second-order valence-corrected chi connectivity index (χ2v) is 7.90. The number of nitrogens with zero attached hydrogens (tertiary/aromatic N) is 6. The fourth-order valence-corrected chi connectivity index (χ4v) is 3.67. The Hall–Kier alpha value is -3.72. The molecule has 0 radical (unpaired) electrons. The van der Waals surface area contributed by atoms with Gasteiger partial charge in [0, 0.05) is 10.7 Å². The van der Waals surface area contributed by atoms with Gasteiger partial charge < -0.3 is 10.1 Å². The second-order valence-electron chi connectivity index (χ2n) is 7.47. The SMILES string of the molecule is COc1ccc(NC(=O)c2cnn(-c3cccc(Cl)c3)c2C(C)C)cc1-n1nnnc1C. The molecule has 2 aromatic carbocycles. The van der Waals surface area contributed by atoms with Gasteiger partial charge in [0.1, 0.15) is 11.4 Å². The number of anilines is 1. The van der Waals surface area contributed by atoms with Crippen LogP contribution in [0.25, 0.3) is 11.4 Å². The van der Waals surface area contributed by atoms with Crippen LogP contribution in [0.4, 0.5) is 5.69 Å². The number of ether oxygens (including phenoxy) is 1. The number of hydrogen-bond acceptors (Lipinski definition) is 6. The number of carbonyl (C=O) groups excluding carboxylic acids is 1. The molecule has 0 aliphatic carbocycles. The highest BCUT2D eigenvalue weighted by molar-refractivity contribution is 6.30. The lowest BCUT2D eigenvalue weighted by Crippen LogP contribution is -2.16. The highest BCUT2D eigenvalue weighted by atomic mass is 35.5. The van der Waals surface area contributed by atoms with Gasteiger partial charge in [0.2, 0.25) is 0 Å². The summed E-state index contributed by atoms with van der Waals surface area (Å²) in [5.41, 5.74) is 3.25. The van der Waals surface area contributed by atoms with Crippen molar-refractivity contribution in [3.8, 4) is 17.1 Å². The Bertz CT molecular complexity index is 1280. The number of nitrogens with one attached hydrogen (secondary N) is 1. The summed E-state index contributed by atoms with van der Waals surface area (Å²) in [6, 6.07) is 12.6. The minimum Gasteiger partial charge on any atom is -0.494 e. The van der Waals surface area contributed by atoms with Crippen LogP contribution in [-0.4, -0.2) is 43.0 Å². The predicted octanol–water partition coefficient (Wildman–Crippen LogP) is 4.19. The monoisotopic (exact) mass is 451 g/mol. The van der Waals surface area contributed by atoms with Gasteiger partial charge in [-0.2, -0.15) is 9.78 Å². The summed E-state index contributed by atoms with van der Waals surface area (Å²) in [5, 5.41) is 19.6. The molecule has 0 spiro atoms. The quantitative estimate of drug-likeness (QED) is 0.471. The fraction of sp³-hybridized carbons (Fsp3) is 0.227. The molecule has 32 heavy (non-hydrogen) atoms.